The molecule has 0 fully saturated rings. The molecule has 1 amide bonds. The van der Waals surface area contributed by atoms with Gasteiger partial charge in [0.15, 0.2) is 0 Å². The number of aryl methyl sites for hydroxylation is 1. The van der Waals surface area contributed by atoms with E-state index in [1.54, 1.807) is 13.0 Å². The highest BCUT2D eigenvalue weighted by molar-refractivity contribution is 5.76. The van der Waals surface area contributed by atoms with Crippen LogP contribution in [0, 0.1) is 6.92 Å². The number of rotatable bonds is 5. The van der Waals surface area contributed by atoms with Crippen LogP contribution in [0.15, 0.2) is 36.4 Å². The minimum atomic E-state index is -0.0779. The Hall–Kier alpha value is -2.43. The number of amides is 1. The van der Waals surface area contributed by atoms with Crippen molar-refractivity contribution >= 4 is 11.7 Å². The Morgan fingerprint density at radius 1 is 1.20 bits per heavy atom. The van der Waals surface area contributed by atoms with Gasteiger partial charge in [-0.1, -0.05) is 37.3 Å². The molecule has 0 aliphatic rings. The number of carbonyl (C=O) groups is 1. The maximum Gasteiger partial charge on any atom is 0.238 e. The molecule has 0 aliphatic heterocycles. The van der Waals surface area contributed by atoms with Crippen LogP contribution < -0.4 is 10.9 Å². The summed E-state index contributed by atoms with van der Waals surface area (Å²) < 4.78 is 0. The molecule has 1 heterocycles. The van der Waals surface area contributed by atoms with E-state index >= 15 is 0 Å². The molecule has 5 heteroatoms. The van der Waals surface area contributed by atoms with Crippen LogP contribution in [0.2, 0.25) is 0 Å². The molecule has 2 rings (SSSR count). The second-order valence-corrected chi connectivity index (χ2v) is 4.50. The monoisotopic (exact) mass is 270 g/mol. The van der Waals surface area contributed by atoms with Crippen LogP contribution in [0.1, 0.15) is 30.4 Å². The van der Waals surface area contributed by atoms with E-state index in [1.807, 2.05) is 37.3 Å². The second kappa shape index (κ2) is 6.65. The largest absolute Gasteiger partial charge is 0.282 e. The highest BCUT2D eigenvalue weighted by Crippen LogP contribution is 2.09. The molecule has 0 atom stereocenters. The van der Waals surface area contributed by atoms with E-state index in [1.165, 1.54) is 0 Å². The number of benzene rings is 1. The minimum Gasteiger partial charge on any atom is -0.282 e. The number of hydrogen-bond donors (Lipinski definition) is 2. The van der Waals surface area contributed by atoms with Crippen LogP contribution in [0.5, 0.6) is 0 Å². The maximum atomic E-state index is 11.2. The van der Waals surface area contributed by atoms with Gasteiger partial charge in [-0.2, -0.15) is 0 Å². The van der Waals surface area contributed by atoms with Crippen molar-refractivity contribution in [3.05, 3.63) is 53.5 Å². The first-order chi connectivity index (χ1) is 9.67. The first kappa shape index (κ1) is 14.0. The van der Waals surface area contributed by atoms with Crippen LogP contribution in [-0.4, -0.2) is 15.9 Å². The molecule has 20 heavy (non-hydrogen) atoms. The van der Waals surface area contributed by atoms with Gasteiger partial charge in [-0.05, 0) is 12.5 Å². The van der Waals surface area contributed by atoms with Crippen molar-refractivity contribution in [3.8, 4) is 0 Å². The zero-order valence-electron chi connectivity index (χ0n) is 11.7. The molecule has 2 N–H and O–H groups in total. The third-order valence-corrected chi connectivity index (χ3v) is 2.76. The normalized spacial score (nSPS) is 10.1. The molecule has 0 bridgehead atoms. The highest BCUT2D eigenvalue weighted by atomic mass is 16.2. The predicted molar refractivity (Wildman–Crippen MR) is 78.1 cm³/mol. The molecule has 0 aliphatic carbocycles. The van der Waals surface area contributed by atoms with E-state index in [0.29, 0.717) is 18.7 Å². The first-order valence-corrected chi connectivity index (χ1v) is 6.60. The second-order valence-electron chi connectivity index (χ2n) is 4.50. The van der Waals surface area contributed by atoms with Crippen LogP contribution in [0.4, 0.5) is 5.82 Å². The molecule has 0 saturated carbocycles. The Morgan fingerprint density at radius 3 is 2.65 bits per heavy atom. The lowest BCUT2D eigenvalue weighted by molar-refractivity contribution is -0.120. The zero-order chi connectivity index (χ0) is 14.4. The maximum absolute atomic E-state index is 11.2. The summed E-state index contributed by atoms with van der Waals surface area (Å²) in [5, 5.41) is 0. The SMILES string of the molecule is CCC(=O)NNc1cc(C)nc(Cc2ccccc2)n1. The average molecular weight is 270 g/mol. The molecule has 2 aromatic rings. The third-order valence-electron chi connectivity index (χ3n) is 2.76. The minimum absolute atomic E-state index is 0.0779. The average Bonchev–Trinajstić information content (AvgIpc) is 2.45. The van der Waals surface area contributed by atoms with E-state index in [2.05, 4.69) is 20.8 Å². The van der Waals surface area contributed by atoms with Crippen LogP contribution in [-0.2, 0) is 11.2 Å². The Morgan fingerprint density at radius 2 is 1.95 bits per heavy atom. The highest BCUT2D eigenvalue weighted by Gasteiger charge is 2.04. The molecule has 0 saturated heterocycles. The van der Waals surface area contributed by atoms with Crippen LogP contribution in [0.3, 0.4) is 0 Å². The lowest BCUT2D eigenvalue weighted by Gasteiger charge is -2.09. The molecule has 1 aromatic carbocycles. The van der Waals surface area contributed by atoms with Crippen molar-refractivity contribution in [2.75, 3.05) is 5.43 Å². The Bertz CT molecular complexity index is 584. The van der Waals surface area contributed by atoms with Gasteiger partial charge in [0, 0.05) is 24.6 Å². The Balaban J connectivity index is 2.10. The summed E-state index contributed by atoms with van der Waals surface area (Å²) in [5.74, 6) is 1.25. The summed E-state index contributed by atoms with van der Waals surface area (Å²) >= 11 is 0. The number of carbonyl (C=O) groups excluding carboxylic acids is 1. The van der Waals surface area contributed by atoms with Gasteiger partial charge in [-0.15, -0.1) is 0 Å². The van der Waals surface area contributed by atoms with Gasteiger partial charge in [0.05, 0.1) is 0 Å². The number of anilines is 1. The van der Waals surface area contributed by atoms with Crippen molar-refractivity contribution < 1.29 is 4.79 Å². The summed E-state index contributed by atoms with van der Waals surface area (Å²) in [4.78, 5) is 20.0. The standard InChI is InChI=1S/C15H18N4O/c1-3-15(20)19-18-14-9-11(2)16-13(17-14)10-12-7-5-4-6-8-12/h4-9H,3,10H2,1-2H3,(H,19,20)(H,16,17,18). The number of aromatic nitrogens is 2. The topological polar surface area (TPSA) is 66.9 Å². The zero-order valence-corrected chi connectivity index (χ0v) is 11.7. The molecular weight excluding hydrogens is 252 g/mol. The lowest BCUT2D eigenvalue weighted by Crippen LogP contribution is -2.29. The molecule has 104 valence electrons. The fourth-order valence-electron chi connectivity index (χ4n) is 1.77. The predicted octanol–water partition coefficient (Wildman–Crippen LogP) is 2.23. The van der Waals surface area contributed by atoms with Crippen molar-refractivity contribution in [1.82, 2.24) is 15.4 Å². The van der Waals surface area contributed by atoms with E-state index in [9.17, 15) is 4.79 Å². The summed E-state index contributed by atoms with van der Waals surface area (Å²) in [5.41, 5.74) is 7.41. The first-order valence-electron chi connectivity index (χ1n) is 6.60. The van der Waals surface area contributed by atoms with Gasteiger partial charge in [-0.25, -0.2) is 9.97 Å². The van der Waals surface area contributed by atoms with E-state index in [4.69, 9.17) is 0 Å². The van der Waals surface area contributed by atoms with Gasteiger partial charge < -0.3 is 0 Å². The lowest BCUT2D eigenvalue weighted by atomic mass is 10.1. The molecule has 0 radical (unpaired) electrons. The van der Waals surface area contributed by atoms with Gasteiger partial charge in [0.2, 0.25) is 5.91 Å². The van der Waals surface area contributed by atoms with Crippen molar-refractivity contribution in [2.24, 2.45) is 0 Å². The quantitative estimate of drug-likeness (QED) is 0.818. The van der Waals surface area contributed by atoms with E-state index < -0.39 is 0 Å². The van der Waals surface area contributed by atoms with Crippen LogP contribution in [0.25, 0.3) is 0 Å². The smallest absolute Gasteiger partial charge is 0.238 e. The van der Waals surface area contributed by atoms with Crippen molar-refractivity contribution in [3.63, 3.8) is 0 Å². The third kappa shape index (κ3) is 4.05. The summed E-state index contributed by atoms with van der Waals surface area (Å²) in [6.45, 7) is 3.70. The van der Waals surface area contributed by atoms with Crippen molar-refractivity contribution in [1.29, 1.82) is 0 Å². The van der Waals surface area contributed by atoms with Crippen molar-refractivity contribution in [2.45, 2.75) is 26.7 Å². The van der Waals surface area contributed by atoms with E-state index in [0.717, 1.165) is 17.1 Å². The fourth-order valence-corrected chi connectivity index (χ4v) is 1.77. The Kier molecular flexibility index (Phi) is 4.65. The number of hydrazine groups is 1. The fraction of sp³-hybridized carbons (Fsp3) is 0.267. The molecule has 0 unspecified atom stereocenters. The summed E-state index contributed by atoms with van der Waals surface area (Å²) in [6.07, 6.45) is 1.09. The molecular formula is C15H18N4O. The Labute approximate surface area is 118 Å². The number of nitrogens with zero attached hydrogens (tertiary/aromatic N) is 2. The number of hydrogen-bond acceptors (Lipinski definition) is 4. The molecule has 0 spiro atoms. The molecule has 5 nitrogen and oxygen atoms in total. The van der Waals surface area contributed by atoms with Gasteiger partial charge in [0.1, 0.15) is 11.6 Å². The molecule has 1 aromatic heterocycles. The van der Waals surface area contributed by atoms with Gasteiger partial charge in [0.25, 0.3) is 0 Å². The van der Waals surface area contributed by atoms with E-state index in [-0.39, 0.29) is 5.91 Å². The summed E-state index contributed by atoms with van der Waals surface area (Å²) in [7, 11) is 0. The van der Waals surface area contributed by atoms with Crippen LogP contribution >= 0.6 is 0 Å². The van der Waals surface area contributed by atoms with Gasteiger partial charge >= 0.3 is 0 Å². The summed E-state index contributed by atoms with van der Waals surface area (Å²) in [6, 6.07) is 11.8. The van der Waals surface area contributed by atoms with Gasteiger partial charge in [-0.3, -0.25) is 15.6 Å². The number of nitrogens with one attached hydrogen (secondary N) is 2.